The number of nitrogens with one attached hydrogen (secondary N) is 3. The zero-order chi connectivity index (χ0) is 28.3. The molecule has 0 saturated carbocycles. The third-order valence-electron chi connectivity index (χ3n) is 7.28. The Morgan fingerprint density at radius 3 is 2.58 bits per heavy atom. The molecule has 5 heterocycles. The molecule has 210 valence electrons. The fourth-order valence-corrected chi connectivity index (χ4v) is 5.52. The number of hydrogen-bond acceptors (Lipinski definition) is 9. The third kappa shape index (κ3) is 6.25. The first-order valence-corrected chi connectivity index (χ1v) is 14.4. The summed E-state index contributed by atoms with van der Waals surface area (Å²) >= 11 is 0. The fourth-order valence-electron chi connectivity index (χ4n) is 5.23. The van der Waals surface area contributed by atoms with Crippen LogP contribution >= 0.6 is 9.24 Å². The van der Waals surface area contributed by atoms with Gasteiger partial charge >= 0.3 is 0 Å². The molecule has 3 saturated heterocycles. The Morgan fingerprint density at radius 2 is 1.90 bits per heavy atom. The van der Waals surface area contributed by atoms with Crippen molar-refractivity contribution in [1.29, 1.82) is 0 Å². The van der Waals surface area contributed by atoms with Crippen LogP contribution in [-0.2, 0) is 5.60 Å². The van der Waals surface area contributed by atoms with E-state index in [1.165, 1.54) is 18.3 Å². The number of aromatic nitrogens is 3. The summed E-state index contributed by atoms with van der Waals surface area (Å²) in [5, 5.41) is 19.5. The molecule has 0 radical (unpaired) electrons. The van der Waals surface area contributed by atoms with Crippen LogP contribution in [0, 0.1) is 0 Å². The first-order valence-electron chi connectivity index (χ1n) is 13.6. The van der Waals surface area contributed by atoms with E-state index in [1.54, 1.807) is 38.1 Å². The second-order valence-electron chi connectivity index (χ2n) is 10.7. The van der Waals surface area contributed by atoms with Crippen molar-refractivity contribution in [3.63, 3.8) is 0 Å². The van der Waals surface area contributed by atoms with Gasteiger partial charge in [-0.15, -0.1) is 15.8 Å². The topological polar surface area (TPSA) is 119 Å². The molecule has 3 fully saturated rings. The predicted octanol–water partition coefficient (Wildman–Crippen LogP) is 3.64. The molecular weight excluding hydrogens is 523 g/mol. The lowest BCUT2D eigenvalue weighted by molar-refractivity contribution is 0.00566. The maximum Gasteiger partial charge on any atom is 0.256 e. The molecule has 10 nitrogen and oxygen atoms in total. The number of benzene rings is 1. The molecular formula is C29H37N8O2P. The van der Waals surface area contributed by atoms with E-state index < -0.39 is 5.60 Å². The molecule has 2 aromatic heterocycles. The summed E-state index contributed by atoms with van der Waals surface area (Å²) in [5.41, 5.74) is 1.69. The van der Waals surface area contributed by atoms with Gasteiger partial charge in [0.1, 0.15) is 22.8 Å². The molecule has 3 aromatic rings. The number of carbonyl (C=O) groups excluding carboxylic acids is 1. The molecule has 1 amide bonds. The molecule has 0 aliphatic carbocycles. The summed E-state index contributed by atoms with van der Waals surface area (Å²) in [4.78, 5) is 31.4. The zero-order valence-corrected chi connectivity index (χ0v) is 24.1. The van der Waals surface area contributed by atoms with Gasteiger partial charge in [-0.25, -0.2) is 9.97 Å². The average Bonchev–Trinajstić information content (AvgIpc) is 2.95. The van der Waals surface area contributed by atoms with E-state index in [9.17, 15) is 9.90 Å². The maximum absolute atomic E-state index is 12.8. The lowest BCUT2D eigenvalue weighted by atomic mass is 9.87. The van der Waals surface area contributed by atoms with Gasteiger partial charge < -0.3 is 26.0 Å². The zero-order valence-electron chi connectivity index (χ0n) is 23.0. The first-order chi connectivity index (χ1) is 19.2. The van der Waals surface area contributed by atoms with Gasteiger partial charge in [-0.2, -0.15) is 4.98 Å². The molecule has 3 aliphatic heterocycles. The van der Waals surface area contributed by atoms with Crippen molar-refractivity contribution in [3.05, 3.63) is 72.6 Å². The summed E-state index contributed by atoms with van der Waals surface area (Å²) in [6.07, 6.45) is 5.50. The third-order valence-corrected chi connectivity index (χ3v) is 7.54. The van der Waals surface area contributed by atoms with E-state index >= 15 is 0 Å². The fraction of sp³-hybridized carbons (Fsp3) is 0.379. The van der Waals surface area contributed by atoms with E-state index in [4.69, 9.17) is 0 Å². The van der Waals surface area contributed by atoms with Crippen molar-refractivity contribution in [1.82, 2.24) is 25.2 Å². The van der Waals surface area contributed by atoms with E-state index in [0.29, 0.717) is 41.9 Å². The summed E-state index contributed by atoms with van der Waals surface area (Å²) in [6, 6.07) is 14.9. The van der Waals surface area contributed by atoms with Crippen LogP contribution in [0.2, 0.25) is 0 Å². The van der Waals surface area contributed by atoms with Crippen molar-refractivity contribution in [2.45, 2.75) is 38.0 Å². The second kappa shape index (κ2) is 11.9. The Kier molecular flexibility index (Phi) is 8.30. The highest BCUT2D eigenvalue weighted by Gasteiger charge is 2.43. The van der Waals surface area contributed by atoms with Gasteiger partial charge in [-0.3, -0.25) is 9.69 Å². The molecule has 6 rings (SSSR count). The van der Waals surface area contributed by atoms with Gasteiger partial charge in [0.15, 0.2) is 0 Å². The predicted molar refractivity (Wildman–Crippen MR) is 163 cm³/mol. The monoisotopic (exact) mass is 560 g/mol. The highest BCUT2D eigenvalue weighted by molar-refractivity contribution is 7.16. The van der Waals surface area contributed by atoms with Crippen LogP contribution in [0.1, 0.15) is 36.3 Å². The van der Waals surface area contributed by atoms with E-state index in [2.05, 4.69) is 68.7 Å². The summed E-state index contributed by atoms with van der Waals surface area (Å²) in [5.74, 6) is 0.732. The van der Waals surface area contributed by atoms with Crippen molar-refractivity contribution < 1.29 is 9.90 Å². The van der Waals surface area contributed by atoms with Crippen molar-refractivity contribution in [2.75, 3.05) is 47.9 Å². The number of fused-ring (bicyclic) bond motifs is 2. The molecule has 3 atom stereocenters. The number of anilines is 5. The number of amides is 1. The number of aliphatic hydroxyl groups is 1. The molecule has 2 bridgehead atoms. The van der Waals surface area contributed by atoms with Crippen LogP contribution in [0.5, 0.6) is 0 Å². The standard InChI is InChI=1S/C29H37N8O2P/c1-4-12-30-27(38)23-16-31-28(35-26(23)34-25-7-5-6-24(33-25)29(2,3)39)32-19-8-10-20(11-9-19)36-17-21-15-22(18-36)37(21)13-14-40/h4-11,16,21-22,39H,1,12-15,17-18,40H2,2-3H3,(H,30,38)(H2,31,32,33,34,35). The van der Waals surface area contributed by atoms with Gasteiger partial charge in [-0.1, -0.05) is 12.1 Å². The molecule has 1 aromatic carbocycles. The normalized spacial score (nSPS) is 18.6. The van der Waals surface area contributed by atoms with Gasteiger partial charge in [0.25, 0.3) is 5.91 Å². The van der Waals surface area contributed by atoms with Crippen LogP contribution in [-0.4, -0.2) is 75.3 Å². The number of pyridine rings is 1. The lowest BCUT2D eigenvalue weighted by Gasteiger charge is -2.57. The van der Waals surface area contributed by atoms with Crippen molar-refractivity contribution in [3.8, 4) is 0 Å². The van der Waals surface area contributed by atoms with Gasteiger partial charge in [0, 0.05) is 55.8 Å². The summed E-state index contributed by atoms with van der Waals surface area (Å²) in [7, 11) is 2.83. The van der Waals surface area contributed by atoms with E-state index in [0.717, 1.165) is 31.5 Å². The van der Waals surface area contributed by atoms with Gasteiger partial charge in [0.05, 0.1) is 5.69 Å². The highest BCUT2D eigenvalue weighted by Crippen LogP contribution is 2.35. The van der Waals surface area contributed by atoms with Crippen LogP contribution in [0.15, 0.2) is 61.3 Å². The maximum atomic E-state index is 12.8. The number of piperidine rings is 1. The summed E-state index contributed by atoms with van der Waals surface area (Å²) in [6.45, 7) is 10.6. The van der Waals surface area contributed by atoms with Gasteiger partial charge in [0.2, 0.25) is 5.95 Å². The van der Waals surface area contributed by atoms with E-state index in [-0.39, 0.29) is 11.5 Å². The molecule has 40 heavy (non-hydrogen) atoms. The van der Waals surface area contributed by atoms with Crippen LogP contribution < -0.4 is 20.9 Å². The lowest BCUT2D eigenvalue weighted by Crippen LogP contribution is -2.69. The minimum absolute atomic E-state index is 0.262. The Balaban J connectivity index is 1.32. The average molecular weight is 561 g/mol. The largest absolute Gasteiger partial charge is 0.384 e. The second-order valence-corrected chi connectivity index (χ2v) is 11.3. The molecule has 0 spiro atoms. The van der Waals surface area contributed by atoms with Crippen LogP contribution in [0.4, 0.5) is 29.0 Å². The smallest absolute Gasteiger partial charge is 0.256 e. The number of carbonyl (C=O) groups is 1. The molecule has 3 aliphatic rings. The Bertz CT molecular complexity index is 1350. The highest BCUT2D eigenvalue weighted by atomic mass is 31.0. The summed E-state index contributed by atoms with van der Waals surface area (Å²) < 4.78 is 0. The quantitative estimate of drug-likeness (QED) is 0.206. The van der Waals surface area contributed by atoms with Crippen molar-refractivity contribution in [2.24, 2.45) is 0 Å². The van der Waals surface area contributed by atoms with E-state index in [1.807, 2.05) is 12.1 Å². The van der Waals surface area contributed by atoms with Gasteiger partial charge in [-0.05, 0) is 62.8 Å². The first kappa shape index (κ1) is 28.0. The number of rotatable bonds is 11. The Labute approximate surface area is 237 Å². The number of nitrogens with zero attached hydrogens (tertiary/aromatic N) is 5. The Morgan fingerprint density at radius 1 is 1.15 bits per heavy atom. The molecule has 11 heteroatoms. The number of hydrogen-bond donors (Lipinski definition) is 4. The molecule has 3 unspecified atom stereocenters. The minimum Gasteiger partial charge on any atom is -0.384 e. The minimum atomic E-state index is -1.12. The SMILES string of the molecule is C=CCNC(=O)c1cnc(Nc2ccc(N3CC4CC(C3)N4CCP)cc2)nc1Nc1cccc(C(C)(C)O)n1. The van der Waals surface area contributed by atoms with Crippen LogP contribution in [0.25, 0.3) is 0 Å². The van der Waals surface area contributed by atoms with Crippen molar-refractivity contribution >= 4 is 44.1 Å². The number of piperazine rings is 1. The van der Waals surface area contributed by atoms with Crippen LogP contribution in [0.3, 0.4) is 0 Å². The Hall–Kier alpha value is -3.59. The molecule has 4 N–H and O–H groups in total.